The number of nitrogens with one attached hydrogen (secondary N) is 2. The highest BCUT2D eigenvalue weighted by Gasteiger charge is 2.22. The van der Waals surface area contributed by atoms with Gasteiger partial charge in [0.1, 0.15) is 0 Å². The minimum absolute atomic E-state index is 0.00690. The summed E-state index contributed by atoms with van der Waals surface area (Å²) in [5.41, 5.74) is 0.438. The van der Waals surface area contributed by atoms with Crippen molar-refractivity contribution in [1.82, 2.24) is 10.6 Å². The Morgan fingerprint density at radius 2 is 1.92 bits per heavy atom. The summed E-state index contributed by atoms with van der Waals surface area (Å²) in [6, 6.07) is 7.18. The Bertz CT molecular complexity index is 589. The van der Waals surface area contributed by atoms with E-state index in [1.54, 1.807) is 24.3 Å². The maximum atomic E-state index is 12.1. The van der Waals surface area contributed by atoms with Crippen LogP contribution in [0.15, 0.2) is 24.3 Å². The molecule has 0 unspecified atom stereocenters. The van der Waals surface area contributed by atoms with Gasteiger partial charge >= 0.3 is 0 Å². The lowest BCUT2D eigenvalue weighted by atomic mass is 9.89. The average molecular weight is 365 g/mol. The van der Waals surface area contributed by atoms with Crippen molar-refractivity contribution < 1.29 is 9.59 Å². The van der Waals surface area contributed by atoms with Crippen LogP contribution in [0.4, 0.5) is 0 Å². The predicted octanol–water partition coefficient (Wildman–Crippen LogP) is 4.18. The van der Waals surface area contributed by atoms with E-state index >= 15 is 0 Å². The topological polar surface area (TPSA) is 58.2 Å². The highest BCUT2D eigenvalue weighted by Crippen LogP contribution is 2.28. The summed E-state index contributed by atoms with van der Waals surface area (Å²) in [5, 5.41) is 6.30. The molecule has 0 spiro atoms. The summed E-state index contributed by atoms with van der Waals surface area (Å²) >= 11 is 6.00. The van der Waals surface area contributed by atoms with Crippen molar-refractivity contribution in [2.75, 3.05) is 6.54 Å². The van der Waals surface area contributed by atoms with Crippen LogP contribution in [0.3, 0.4) is 0 Å². The Morgan fingerprint density at radius 3 is 2.64 bits per heavy atom. The first kappa shape index (κ1) is 19.8. The van der Waals surface area contributed by atoms with E-state index in [1.807, 2.05) is 0 Å². The second-order valence-electron chi connectivity index (χ2n) is 7.26. The maximum absolute atomic E-state index is 12.1. The van der Waals surface area contributed by atoms with Crippen molar-refractivity contribution >= 4 is 23.4 Å². The van der Waals surface area contributed by atoms with Gasteiger partial charge in [-0.1, -0.05) is 50.4 Å². The molecule has 2 rings (SSSR count). The molecule has 1 aliphatic rings. The van der Waals surface area contributed by atoms with Gasteiger partial charge in [0.25, 0.3) is 5.91 Å². The molecule has 25 heavy (non-hydrogen) atoms. The smallest absolute Gasteiger partial charge is 0.252 e. The van der Waals surface area contributed by atoms with Crippen LogP contribution in [0.5, 0.6) is 0 Å². The van der Waals surface area contributed by atoms with E-state index in [2.05, 4.69) is 24.5 Å². The highest BCUT2D eigenvalue weighted by molar-refractivity contribution is 6.33. The summed E-state index contributed by atoms with van der Waals surface area (Å²) in [7, 11) is 0. The van der Waals surface area contributed by atoms with E-state index in [4.69, 9.17) is 11.6 Å². The Morgan fingerprint density at radius 1 is 1.16 bits per heavy atom. The van der Waals surface area contributed by atoms with Crippen LogP contribution in [0, 0.1) is 11.8 Å². The molecule has 5 heteroatoms. The summed E-state index contributed by atoms with van der Waals surface area (Å²) < 4.78 is 0. The van der Waals surface area contributed by atoms with E-state index < -0.39 is 0 Å². The molecule has 1 aromatic rings. The van der Waals surface area contributed by atoms with Crippen LogP contribution in [0.2, 0.25) is 5.02 Å². The number of halogens is 1. The van der Waals surface area contributed by atoms with Crippen LogP contribution in [-0.4, -0.2) is 24.4 Å². The molecule has 0 saturated heterocycles. The molecule has 0 aromatic heterocycles. The number of hydrogen-bond acceptors (Lipinski definition) is 2. The van der Waals surface area contributed by atoms with E-state index in [1.165, 1.54) is 19.3 Å². The fraction of sp³-hybridized carbons (Fsp3) is 0.600. The number of hydrogen-bond donors (Lipinski definition) is 2. The molecule has 1 aromatic carbocycles. The number of benzene rings is 1. The molecule has 1 aliphatic carbocycles. The first-order chi connectivity index (χ1) is 12.0. The quantitative estimate of drug-likeness (QED) is 0.744. The zero-order chi connectivity index (χ0) is 18.2. The molecule has 4 nitrogen and oxygen atoms in total. The average Bonchev–Trinajstić information content (AvgIpc) is 2.81. The molecule has 1 fully saturated rings. The molecule has 2 atom stereocenters. The van der Waals surface area contributed by atoms with Gasteiger partial charge in [-0.05, 0) is 43.2 Å². The number of carbonyl (C=O) groups excluding carboxylic acids is 2. The van der Waals surface area contributed by atoms with Gasteiger partial charge in [0, 0.05) is 19.0 Å². The predicted molar refractivity (Wildman–Crippen MR) is 102 cm³/mol. The van der Waals surface area contributed by atoms with E-state index in [0.717, 1.165) is 24.7 Å². The molecule has 0 aliphatic heterocycles. The van der Waals surface area contributed by atoms with Gasteiger partial charge in [-0.2, -0.15) is 0 Å². The van der Waals surface area contributed by atoms with Crippen molar-refractivity contribution in [3.63, 3.8) is 0 Å². The van der Waals surface area contributed by atoms with Crippen LogP contribution in [-0.2, 0) is 4.79 Å². The van der Waals surface area contributed by atoms with E-state index in [-0.39, 0.29) is 17.9 Å². The van der Waals surface area contributed by atoms with Gasteiger partial charge in [0.2, 0.25) is 5.91 Å². The van der Waals surface area contributed by atoms with Crippen LogP contribution in [0.1, 0.15) is 62.7 Å². The monoisotopic (exact) mass is 364 g/mol. The molecule has 0 bridgehead atoms. The Labute approximate surface area is 155 Å². The van der Waals surface area contributed by atoms with Crippen molar-refractivity contribution in [2.24, 2.45) is 11.8 Å². The minimum atomic E-state index is -0.243. The normalized spacial score (nSPS) is 20.8. The van der Waals surface area contributed by atoms with Gasteiger partial charge in [-0.15, -0.1) is 0 Å². The number of carbonyl (C=O) groups is 2. The SMILES string of the molecule is CC(C)[C@@H]1CCC[C@@H](NC(=O)CCNC(=O)c2ccccc2Cl)CC1. The number of rotatable bonds is 6. The number of amides is 2. The molecule has 0 radical (unpaired) electrons. The third-order valence-electron chi connectivity index (χ3n) is 5.08. The third-order valence-corrected chi connectivity index (χ3v) is 5.41. The molecule has 2 N–H and O–H groups in total. The van der Waals surface area contributed by atoms with Gasteiger partial charge in [0.05, 0.1) is 10.6 Å². The van der Waals surface area contributed by atoms with Crippen molar-refractivity contribution in [3.05, 3.63) is 34.9 Å². The van der Waals surface area contributed by atoms with E-state index in [0.29, 0.717) is 23.6 Å². The zero-order valence-corrected chi connectivity index (χ0v) is 15.9. The third kappa shape index (κ3) is 6.35. The first-order valence-corrected chi connectivity index (χ1v) is 9.67. The second kappa shape index (κ2) is 9.81. The van der Waals surface area contributed by atoms with Gasteiger partial charge in [-0.25, -0.2) is 0 Å². The van der Waals surface area contributed by atoms with Gasteiger partial charge in [0.15, 0.2) is 0 Å². The van der Waals surface area contributed by atoms with Crippen molar-refractivity contribution in [1.29, 1.82) is 0 Å². The largest absolute Gasteiger partial charge is 0.353 e. The molecule has 1 saturated carbocycles. The van der Waals surface area contributed by atoms with Crippen molar-refractivity contribution in [3.8, 4) is 0 Å². The second-order valence-corrected chi connectivity index (χ2v) is 7.67. The highest BCUT2D eigenvalue weighted by atomic mass is 35.5. The van der Waals surface area contributed by atoms with Crippen molar-refractivity contribution in [2.45, 2.75) is 58.4 Å². The fourth-order valence-electron chi connectivity index (χ4n) is 3.47. The minimum Gasteiger partial charge on any atom is -0.353 e. The lowest BCUT2D eigenvalue weighted by molar-refractivity contribution is -0.121. The summed E-state index contributed by atoms with van der Waals surface area (Å²) in [6.45, 7) is 4.88. The molecule has 138 valence electrons. The zero-order valence-electron chi connectivity index (χ0n) is 15.2. The van der Waals surface area contributed by atoms with Gasteiger partial charge < -0.3 is 10.6 Å². The lowest BCUT2D eigenvalue weighted by Gasteiger charge is -2.19. The van der Waals surface area contributed by atoms with Crippen LogP contribution in [0.25, 0.3) is 0 Å². The standard InChI is InChI=1S/C20H29ClN2O2/c1-14(2)15-6-5-7-16(11-10-15)23-19(24)12-13-22-20(25)17-8-3-4-9-18(17)21/h3-4,8-9,14-16H,5-7,10-13H2,1-2H3,(H,22,25)(H,23,24)/t15-,16-/m1/s1. The molecule has 0 heterocycles. The first-order valence-electron chi connectivity index (χ1n) is 9.29. The Balaban J connectivity index is 1.70. The maximum Gasteiger partial charge on any atom is 0.252 e. The van der Waals surface area contributed by atoms with Gasteiger partial charge in [-0.3, -0.25) is 9.59 Å². The van der Waals surface area contributed by atoms with Crippen LogP contribution >= 0.6 is 11.6 Å². The molecular weight excluding hydrogens is 336 g/mol. The summed E-state index contributed by atoms with van der Waals surface area (Å²) in [5.74, 6) is 1.26. The summed E-state index contributed by atoms with van der Waals surface area (Å²) in [6.07, 6.45) is 6.03. The lowest BCUT2D eigenvalue weighted by Crippen LogP contribution is -2.37. The van der Waals surface area contributed by atoms with E-state index in [9.17, 15) is 9.59 Å². The Kier molecular flexibility index (Phi) is 7.76. The fourth-order valence-corrected chi connectivity index (χ4v) is 3.69. The molecular formula is C20H29ClN2O2. The summed E-state index contributed by atoms with van der Waals surface area (Å²) in [4.78, 5) is 24.2. The molecule has 2 amide bonds. The Hall–Kier alpha value is -1.55. The van der Waals surface area contributed by atoms with Crippen LogP contribution < -0.4 is 10.6 Å².